The number of carbonyl (C=O) groups excluding carboxylic acids is 1. The first-order valence-electron chi connectivity index (χ1n) is 7.86. The number of hydrazine groups is 1. The third-order valence-electron chi connectivity index (χ3n) is 3.62. The van der Waals surface area contributed by atoms with Crippen molar-refractivity contribution < 1.29 is 4.79 Å². The van der Waals surface area contributed by atoms with Crippen molar-refractivity contribution in [1.29, 1.82) is 0 Å². The minimum atomic E-state index is -0.242. The van der Waals surface area contributed by atoms with E-state index in [1.807, 2.05) is 13.0 Å². The Bertz CT molecular complexity index is 729. The van der Waals surface area contributed by atoms with Crippen LogP contribution in [0.5, 0.6) is 0 Å². The van der Waals surface area contributed by atoms with E-state index in [1.165, 1.54) is 0 Å². The number of carbonyl (C=O) groups is 1. The highest BCUT2D eigenvalue weighted by molar-refractivity contribution is 7.98. The van der Waals surface area contributed by atoms with E-state index in [9.17, 15) is 4.79 Å². The number of thiocarbonyl (C=S) groups is 1. The molecule has 3 N–H and O–H groups in total. The van der Waals surface area contributed by atoms with Crippen LogP contribution in [0, 0.1) is 6.92 Å². The van der Waals surface area contributed by atoms with Crippen LogP contribution in [-0.4, -0.2) is 39.1 Å². The van der Waals surface area contributed by atoms with Crippen molar-refractivity contribution in [1.82, 2.24) is 25.7 Å². The molecule has 24 heavy (non-hydrogen) atoms. The number of nitrogens with zero attached hydrogens (tertiary/aromatic N) is 2. The molecule has 2 aromatic rings. The van der Waals surface area contributed by atoms with Crippen LogP contribution >= 0.6 is 24.0 Å². The van der Waals surface area contributed by atoms with Gasteiger partial charge in [-0.2, -0.15) is 11.8 Å². The number of hydrogen-bond acceptors (Lipinski definition) is 4. The molecule has 0 saturated carbocycles. The van der Waals surface area contributed by atoms with Gasteiger partial charge in [-0.15, -0.1) is 0 Å². The quantitative estimate of drug-likeness (QED) is 0.414. The van der Waals surface area contributed by atoms with Crippen LogP contribution in [0.2, 0.25) is 0 Å². The molecular formula is C16H23N5OS2. The van der Waals surface area contributed by atoms with Crippen LogP contribution in [0.1, 0.15) is 29.5 Å². The zero-order valence-electron chi connectivity index (χ0n) is 14.2. The van der Waals surface area contributed by atoms with Crippen LogP contribution in [0.25, 0.3) is 11.0 Å². The first-order valence-corrected chi connectivity index (χ1v) is 9.67. The minimum Gasteiger partial charge on any atom is -0.361 e. The lowest BCUT2D eigenvalue weighted by molar-refractivity contribution is 0.0944. The maximum Gasteiger partial charge on any atom is 0.269 e. The Balaban J connectivity index is 1.93. The Morgan fingerprint density at radius 1 is 1.38 bits per heavy atom. The number of amides is 1. The van der Waals surface area contributed by atoms with Gasteiger partial charge in [-0.1, -0.05) is 0 Å². The summed E-state index contributed by atoms with van der Waals surface area (Å²) >= 11 is 6.92. The van der Waals surface area contributed by atoms with Crippen LogP contribution in [0.3, 0.4) is 0 Å². The molecule has 6 nitrogen and oxygen atoms in total. The zero-order chi connectivity index (χ0) is 17.5. The summed E-state index contributed by atoms with van der Waals surface area (Å²) in [6.07, 6.45) is 3.09. The van der Waals surface area contributed by atoms with E-state index < -0.39 is 0 Å². The smallest absolute Gasteiger partial charge is 0.269 e. The molecule has 0 aliphatic carbocycles. The molecule has 0 saturated heterocycles. The van der Waals surface area contributed by atoms with Gasteiger partial charge in [-0.05, 0) is 62.7 Å². The van der Waals surface area contributed by atoms with Gasteiger partial charge in [0.15, 0.2) is 5.11 Å². The van der Waals surface area contributed by atoms with Crippen molar-refractivity contribution in [2.45, 2.75) is 26.8 Å². The van der Waals surface area contributed by atoms with E-state index >= 15 is 0 Å². The molecular weight excluding hydrogens is 342 g/mol. The molecule has 0 spiro atoms. The summed E-state index contributed by atoms with van der Waals surface area (Å²) in [4.78, 5) is 16.7. The fourth-order valence-corrected chi connectivity index (χ4v) is 3.03. The maximum absolute atomic E-state index is 12.2. The summed E-state index contributed by atoms with van der Waals surface area (Å²) in [6.45, 7) is 5.67. The number of hydrogen-bond donors (Lipinski definition) is 3. The predicted molar refractivity (Wildman–Crippen MR) is 104 cm³/mol. The predicted octanol–water partition coefficient (Wildman–Crippen LogP) is 2.23. The van der Waals surface area contributed by atoms with E-state index in [0.717, 1.165) is 42.1 Å². The van der Waals surface area contributed by atoms with Crippen molar-refractivity contribution in [2.75, 3.05) is 18.6 Å². The highest BCUT2D eigenvalue weighted by Crippen LogP contribution is 2.17. The van der Waals surface area contributed by atoms with Gasteiger partial charge in [0.25, 0.3) is 5.91 Å². The first kappa shape index (κ1) is 18.5. The molecule has 0 aliphatic heterocycles. The van der Waals surface area contributed by atoms with Gasteiger partial charge in [0.05, 0.1) is 11.0 Å². The van der Waals surface area contributed by atoms with E-state index in [2.05, 4.69) is 38.9 Å². The van der Waals surface area contributed by atoms with Gasteiger partial charge in [-0.3, -0.25) is 15.6 Å². The number of aromatic nitrogens is 2. The van der Waals surface area contributed by atoms with E-state index in [-0.39, 0.29) is 5.91 Å². The van der Waals surface area contributed by atoms with Gasteiger partial charge >= 0.3 is 0 Å². The van der Waals surface area contributed by atoms with E-state index in [0.29, 0.717) is 10.7 Å². The number of imidazole rings is 1. The minimum absolute atomic E-state index is 0.242. The summed E-state index contributed by atoms with van der Waals surface area (Å²) in [5.74, 6) is 1.78. The van der Waals surface area contributed by atoms with Crippen molar-refractivity contribution in [3.63, 3.8) is 0 Å². The van der Waals surface area contributed by atoms with Crippen molar-refractivity contribution >= 4 is 46.0 Å². The second-order valence-electron chi connectivity index (χ2n) is 5.29. The van der Waals surface area contributed by atoms with Gasteiger partial charge in [0, 0.05) is 18.7 Å². The lowest BCUT2D eigenvalue weighted by Gasteiger charge is -2.11. The number of nitrogens with one attached hydrogen (secondary N) is 3. The van der Waals surface area contributed by atoms with Crippen LogP contribution in [-0.2, 0) is 6.54 Å². The molecule has 1 amide bonds. The lowest BCUT2D eigenvalue weighted by Crippen LogP contribution is -2.47. The Kier molecular flexibility index (Phi) is 6.86. The van der Waals surface area contributed by atoms with Crippen LogP contribution in [0.15, 0.2) is 18.2 Å². The molecule has 2 rings (SSSR count). The third kappa shape index (κ3) is 4.61. The fourth-order valence-electron chi connectivity index (χ4n) is 2.44. The van der Waals surface area contributed by atoms with Crippen LogP contribution in [0.4, 0.5) is 0 Å². The molecule has 0 radical (unpaired) electrons. The topological polar surface area (TPSA) is 71.0 Å². The van der Waals surface area contributed by atoms with Gasteiger partial charge < -0.3 is 9.88 Å². The standard InChI is InChI=1S/C16H23N5OS2/c1-4-21-11(2)18-13-10-12(6-7-14(13)21)15(22)19-20-16(23)17-8-5-9-24-3/h6-7,10H,4-5,8-9H2,1-3H3,(H,19,22)(H2,17,20,23). The van der Waals surface area contributed by atoms with Gasteiger partial charge in [-0.25, -0.2) is 4.98 Å². The molecule has 130 valence electrons. The molecule has 1 aromatic heterocycles. The second kappa shape index (κ2) is 8.89. The average Bonchev–Trinajstić information content (AvgIpc) is 2.90. The average molecular weight is 366 g/mol. The molecule has 0 fully saturated rings. The monoisotopic (exact) mass is 365 g/mol. The molecule has 1 heterocycles. The molecule has 0 bridgehead atoms. The van der Waals surface area contributed by atoms with E-state index in [1.54, 1.807) is 23.9 Å². The van der Waals surface area contributed by atoms with E-state index in [4.69, 9.17) is 12.2 Å². The van der Waals surface area contributed by atoms with Gasteiger partial charge in [0.1, 0.15) is 5.82 Å². The summed E-state index contributed by atoms with van der Waals surface area (Å²) in [7, 11) is 0. The number of rotatable bonds is 6. The number of benzene rings is 1. The number of thioether (sulfide) groups is 1. The maximum atomic E-state index is 12.2. The normalized spacial score (nSPS) is 10.6. The SMILES string of the molecule is CCn1c(C)nc2cc(C(=O)NNC(=S)NCCCSC)ccc21. The Hall–Kier alpha value is -1.80. The Morgan fingerprint density at radius 3 is 2.88 bits per heavy atom. The van der Waals surface area contributed by atoms with Crippen molar-refractivity contribution in [2.24, 2.45) is 0 Å². The van der Waals surface area contributed by atoms with Crippen molar-refractivity contribution in [3.05, 3.63) is 29.6 Å². The third-order valence-corrected chi connectivity index (χ3v) is 4.56. The summed E-state index contributed by atoms with van der Waals surface area (Å²) in [6, 6.07) is 5.51. The zero-order valence-corrected chi connectivity index (χ0v) is 15.8. The molecule has 8 heteroatoms. The highest BCUT2D eigenvalue weighted by Gasteiger charge is 2.11. The Labute approximate surface area is 151 Å². The van der Waals surface area contributed by atoms with Crippen molar-refractivity contribution in [3.8, 4) is 0 Å². The number of aryl methyl sites for hydroxylation is 2. The summed E-state index contributed by atoms with van der Waals surface area (Å²) < 4.78 is 2.11. The lowest BCUT2D eigenvalue weighted by atomic mass is 10.2. The highest BCUT2D eigenvalue weighted by atomic mass is 32.2. The largest absolute Gasteiger partial charge is 0.361 e. The van der Waals surface area contributed by atoms with Crippen LogP contribution < -0.4 is 16.2 Å². The molecule has 1 aromatic carbocycles. The second-order valence-corrected chi connectivity index (χ2v) is 6.68. The summed E-state index contributed by atoms with van der Waals surface area (Å²) in [5.41, 5.74) is 7.72. The fraction of sp³-hybridized carbons (Fsp3) is 0.438. The Morgan fingerprint density at radius 2 is 2.17 bits per heavy atom. The molecule has 0 unspecified atom stereocenters. The molecule has 0 aliphatic rings. The number of fused-ring (bicyclic) bond motifs is 1. The van der Waals surface area contributed by atoms with Gasteiger partial charge in [0.2, 0.25) is 0 Å². The first-order chi connectivity index (χ1) is 11.6. The summed E-state index contributed by atoms with van der Waals surface area (Å²) in [5, 5.41) is 3.46. The molecule has 0 atom stereocenters.